The van der Waals surface area contributed by atoms with Crippen molar-refractivity contribution >= 4 is 23.5 Å². The minimum absolute atomic E-state index is 0.00838. The first-order valence-corrected chi connectivity index (χ1v) is 11.3. The van der Waals surface area contributed by atoms with Gasteiger partial charge in [-0.2, -0.15) is 5.26 Å². The number of nitriles is 1. The van der Waals surface area contributed by atoms with Crippen molar-refractivity contribution in [2.75, 3.05) is 5.75 Å². The second-order valence-electron chi connectivity index (χ2n) is 7.28. The molecule has 33 heavy (non-hydrogen) atoms. The van der Waals surface area contributed by atoms with Crippen LogP contribution in [0, 0.1) is 17.1 Å². The van der Waals surface area contributed by atoms with Gasteiger partial charge in [0.05, 0.1) is 11.3 Å². The van der Waals surface area contributed by atoms with E-state index in [1.54, 1.807) is 12.1 Å². The van der Waals surface area contributed by atoms with E-state index in [2.05, 4.69) is 6.07 Å². The van der Waals surface area contributed by atoms with Gasteiger partial charge < -0.3 is 9.47 Å². The molecule has 0 saturated heterocycles. The Bertz CT molecular complexity index is 1220. The molecule has 0 radical (unpaired) electrons. The summed E-state index contributed by atoms with van der Waals surface area (Å²) in [7, 11) is 0. The number of hydrogen-bond donors (Lipinski definition) is 0. The Kier molecular flexibility index (Phi) is 7.23. The van der Waals surface area contributed by atoms with Crippen LogP contribution in [0.4, 0.5) is 4.39 Å². The van der Waals surface area contributed by atoms with Crippen LogP contribution in [0.5, 0.6) is 0 Å². The second-order valence-corrected chi connectivity index (χ2v) is 8.22. The minimum atomic E-state index is -0.428. The van der Waals surface area contributed by atoms with Gasteiger partial charge in [0.1, 0.15) is 24.3 Å². The van der Waals surface area contributed by atoms with Crippen LogP contribution in [0.15, 0.2) is 102 Å². The third-order valence-electron chi connectivity index (χ3n) is 5.02. The molecule has 0 fully saturated rings. The fourth-order valence-corrected chi connectivity index (χ4v) is 4.18. The fourth-order valence-electron chi connectivity index (χ4n) is 3.37. The highest BCUT2D eigenvalue weighted by atomic mass is 32.2. The summed E-state index contributed by atoms with van der Waals surface area (Å²) in [4.78, 5) is 12.3. The fraction of sp³-hybridized carbons (Fsp3) is 0.111. The molecule has 164 valence electrons. The molecule has 0 bridgehead atoms. The normalized spacial score (nSPS) is 15.3. The molecule has 4 nitrogen and oxygen atoms in total. The van der Waals surface area contributed by atoms with Gasteiger partial charge in [0.15, 0.2) is 5.09 Å². The van der Waals surface area contributed by atoms with Gasteiger partial charge in [0, 0.05) is 11.5 Å². The average molecular weight is 458 g/mol. The Morgan fingerprint density at radius 3 is 2.33 bits per heavy atom. The van der Waals surface area contributed by atoms with Gasteiger partial charge in [0.25, 0.3) is 0 Å². The lowest BCUT2D eigenvalue weighted by molar-refractivity contribution is -0.141. The average Bonchev–Trinajstić information content (AvgIpc) is 2.87. The maximum absolute atomic E-state index is 13.5. The topological polar surface area (TPSA) is 59.3 Å². The van der Waals surface area contributed by atoms with Gasteiger partial charge in [-0.1, -0.05) is 84.6 Å². The molecule has 0 N–H and O–H groups in total. The Morgan fingerprint density at radius 2 is 1.67 bits per heavy atom. The van der Waals surface area contributed by atoms with E-state index in [4.69, 9.17) is 9.47 Å². The van der Waals surface area contributed by atoms with Crippen LogP contribution in [0.25, 0.3) is 5.76 Å². The summed E-state index contributed by atoms with van der Waals surface area (Å²) in [6, 6.07) is 27.2. The van der Waals surface area contributed by atoms with Crippen molar-refractivity contribution in [1.82, 2.24) is 0 Å². The number of benzene rings is 3. The number of carbonyl (C=O) groups is 1. The first-order chi connectivity index (χ1) is 16.1. The zero-order valence-electron chi connectivity index (χ0n) is 17.6. The number of hydrogen-bond acceptors (Lipinski definition) is 5. The van der Waals surface area contributed by atoms with Gasteiger partial charge in [0.2, 0.25) is 0 Å². The molecule has 0 aliphatic carbocycles. The Morgan fingerprint density at radius 1 is 1.00 bits per heavy atom. The number of rotatable bonds is 7. The molecular weight excluding hydrogens is 437 g/mol. The van der Waals surface area contributed by atoms with Crippen LogP contribution >= 0.6 is 11.8 Å². The quantitative estimate of drug-likeness (QED) is 0.396. The molecule has 6 heteroatoms. The summed E-state index contributed by atoms with van der Waals surface area (Å²) >= 11 is 1.12. The van der Waals surface area contributed by atoms with Crippen LogP contribution in [0.1, 0.15) is 22.6 Å². The summed E-state index contributed by atoms with van der Waals surface area (Å²) in [5, 5.41) is 10.2. The highest BCUT2D eigenvalue weighted by molar-refractivity contribution is 8.03. The van der Waals surface area contributed by atoms with Crippen molar-refractivity contribution < 1.29 is 18.7 Å². The van der Waals surface area contributed by atoms with E-state index in [9.17, 15) is 14.4 Å². The number of halogens is 1. The first-order valence-electron chi connectivity index (χ1n) is 10.3. The van der Waals surface area contributed by atoms with Crippen LogP contribution in [0.2, 0.25) is 0 Å². The first kappa shape index (κ1) is 22.4. The Hall–Kier alpha value is -3.82. The third kappa shape index (κ3) is 5.71. The van der Waals surface area contributed by atoms with E-state index in [0.717, 1.165) is 28.5 Å². The highest BCUT2D eigenvalue weighted by Crippen LogP contribution is 2.41. The lowest BCUT2D eigenvalue weighted by Gasteiger charge is -2.24. The van der Waals surface area contributed by atoms with Crippen LogP contribution < -0.4 is 0 Å². The minimum Gasteiger partial charge on any atom is -0.460 e. The molecule has 3 aromatic rings. The number of esters is 1. The predicted octanol–water partition coefficient (Wildman–Crippen LogP) is 6.19. The maximum Gasteiger partial charge on any atom is 0.316 e. The van der Waals surface area contributed by atoms with Crippen molar-refractivity contribution in [3.05, 3.63) is 124 Å². The van der Waals surface area contributed by atoms with Gasteiger partial charge in [-0.15, -0.1) is 0 Å². The van der Waals surface area contributed by atoms with Gasteiger partial charge >= 0.3 is 5.97 Å². The lowest BCUT2D eigenvalue weighted by Crippen LogP contribution is -2.12. The molecule has 1 aliphatic rings. The summed E-state index contributed by atoms with van der Waals surface area (Å²) in [5.74, 6) is -0.625. The number of nitrogens with zero attached hydrogens (tertiary/aromatic N) is 1. The molecule has 1 aliphatic heterocycles. The lowest BCUT2D eigenvalue weighted by atomic mass is 9.89. The summed E-state index contributed by atoms with van der Waals surface area (Å²) in [6.07, 6.45) is 1.85. The van der Waals surface area contributed by atoms with E-state index in [1.165, 1.54) is 12.1 Å². The number of allylic oxidation sites excluding steroid dienone is 2. The second kappa shape index (κ2) is 10.7. The van der Waals surface area contributed by atoms with Gasteiger partial charge in [-0.3, -0.25) is 4.79 Å². The SMILES string of the molecule is N#CC1=C(SCC(=O)OCc2ccccc2)OC(c2ccccc2)=C[C@H]1c1ccc(F)cc1. The highest BCUT2D eigenvalue weighted by Gasteiger charge is 2.28. The molecule has 3 aromatic carbocycles. The molecule has 0 aromatic heterocycles. The van der Waals surface area contributed by atoms with Crippen LogP contribution in [0.3, 0.4) is 0 Å². The number of ether oxygens (including phenoxy) is 2. The molecule has 0 unspecified atom stereocenters. The van der Waals surface area contributed by atoms with Crippen molar-refractivity contribution in [2.45, 2.75) is 12.5 Å². The van der Waals surface area contributed by atoms with E-state index in [0.29, 0.717) is 16.4 Å². The Balaban J connectivity index is 1.55. The summed E-state index contributed by atoms with van der Waals surface area (Å²) < 4.78 is 24.9. The molecule has 1 heterocycles. The van der Waals surface area contributed by atoms with E-state index in [1.807, 2.05) is 66.7 Å². The van der Waals surface area contributed by atoms with Gasteiger partial charge in [-0.25, -0.2) is 4.39 Å². The molecule has 0 spiro atoms. The predicted molar refractivity (Wildman–Crippen MR) is 126 cm³/mol. The molecule has 1 atom stereocenters. The van der Waals surface area contributed by atoms with Crippen molar-refractivity contribution in [2.24, 2.45) is 0 Å². The Labute approximate surface area is 196 Å². The molecule has 4 rings (SSSR count). The van der Waals surface area contributed by atoms with E-state index in [-0.39, 0.29) is 18.2 Å². The number of carbonyl (C=O) groups excluding carboxylic acids is 1. The van der Waals surface area contributed by atoms with Crippen molar-refractivity contribution in [3.63, 3.8) is 0 Å². The largest absolute Gasteiger partial charge is 0.460 e. The molecular formula is C27H20FNO3S. The van der Waals surface area contributed by atoms with Crippen molar-refractivity contribution in [3.8, 4) is 6.07 Å². The molecule has 0 amide bonds. The zero-order chi connectivity index (χ0) is 23.0. The van der Waals surface area contributed by atoms with Gasteiger partial charge in [-0.05, 0) is 29.3 Å². The molecule has 0 saturated carbocycles. The third-order valence-corrected chi connectivity index (χ3v) is 5.97. The summed E-state index contributed by atoms with van der Waals surface area (Å²) in [6.45, 7) is 0.179. The smallest absolute Gasteiger partial charge is 0.316 e. The standard InChI is InChI=1S/C27H20FNO3S/c28-22-13-11-20(12-14-22)23-15-25(21-9-5-2-6-10-21)32-27(24(23)16-29)33-18-26(30)31-17-19-7-3-1-4-8-19/h1-15,23H,17-18H2/t23-/m0/s1. The van der Waals surface area contributed by atoms with Crippen LogP contribution in [-0.4, -0.2) is 11.7 Å². The number of thioether (sulfide) groups is 1. The maximum atomic E-state index is 13.5. The summed E-state index contributed by atoms with van der Waals surface area (Å²) in [5.41, 5.74) is 2.86. The van der Waals surface area contributed by atoms with E-state index >= 15 is 0 Å². The van der Waals surface area contributed by atoms with Crippen molar-refractivity contribution in [1.29, 1.82) is 5.26 Å². The van der Waals surface area contributed by atoms with Crippen LogP contribution in [-0.2, 0) is 20.9 Å². The monoisotopic (exact) mass is 457 g/mol. The van der Waals surface area contributed by atoms with E-state index < -0.39 is 11.9 Å². The zero-order valence-corrected chi connectivity index (χ0v) is 18.4.